The van der Waals surface area contributed by atoms with Gasteiger partial charge in [0.25, 0.3) is 5.56 Å². The van der Waals surface area contributed by atoms with Crippen LogP contribution in [-0.4, -0.2) is 19.5 Å². The SMILES string of the molecule is CCn1cnc2c(-c3ccc(=O)[nH]c3)nc(-c3ccc(Cl)cc3)cc2c1=O. The van der Waals surface area contributed by atoms with Crippen molar-refractivity contribution in [3.63, 3.8) is 0 Å². The number of halogens is 1. The fraction of sp³-hybridized carbons (Fsp3) is 0.100. The second-order valence-electron chi connectivity index (χ2n) is 6.04. The number of pyridine rings is 2. The van der Waals surface area contributed by atoms with Crippen LogP contribution in [0.15, 0.2) is 64.6 Å². The Kier molecular flexibility index (Phi) is 4.33. The molecular weight excluding hydrogens is 364 g/mol. The third kappa shape index (κ3) is 3.15. The number of nitrogens with zero attached hydrogens (tertiary/aromatic N) is 3. The van der Waals surface area contributed by atoms with E-state index in [1.165, 1.54) is 12.4 Å². The molecule has 4 rings (SSSR count). The van der Waals surface area contributed by atoms with Gasteiger partial charge in [-0.15, -0.1) is 0 Å². The predicted octanol–water partition coefficient (Wildman–Crippen LogP) is 3.49. The van der Waals surface area contributed by atoms with Crippen LogP contribution >= 0.6 is 11.6 Å². The summed E-state index contributed by atoms with van der Waals surface area (Å²) in [5.74, 6) is 0. The van der Waals surface area contributed by atoms with Crippen molar-refractivity contribution in [1.29, 1.82) is 0 Å². The Bertz CT molecular complexity index is 1240. The molecule has 4 aromatic rings. The quantitative estimate of drug-likeness (QED) is 0.591. The average Bonchev–Trinajstić information content (AvgIpc) is 2.69. The van der Waals surface area contributed by atoms with Crippen LogP contribution in [0.2, 0.25) is 5.02 Å². The van der Waals surface area contributed by atoms with Crippen molar-refractivity contribution in [1.82, 2.24) is 19.5 Å². The first-order valence-electron chi connectivity index (χ1n) is 8.42. The summed E-state index contributed by atoms with van der Waals surface area (Å²) in [6.07, 6.45) is 3.09. The summed E-state index contributed by atoms with van der Waals surface area (Å²) in [6.45, 7) is 2.41. The Hall–Kier alpha value is -3.25. The summed E-state index contributed by atoms with van der Waals surface area (Å²) < 4.78 is 1.55. The molecule has 27 heavy (non-hydrogen) atoms. The van der Waals surface area contributed by atoms with Crippen molar-refractivity contribution in [2.45, 2.75) is 13.5 Å². The number of nitrogens with one attached hydrogen (secondary N) is 1. The van der Waals surface area contributed by atoms with E-state index >= 15 is 0 Å². The molecule has 0 unspecified atom stereocenters. The lowest BCUT2D eigenvalue weighted by Gasteiger charge is -2.10. The highest BCUT2D eigenvalue weighted by Gasteiger charge is 2.14. The van der Waals surface area contributed by atoms with Gasteiger partial charge in [-0.05, 0) is 31.2 Å². The van der Waals surface area contributed by atoms with Crippen LogP contribution in [0.25, 0.3) is 33.4 Å². The van der Waals surface area contributed by atoms with Crippen LogP contribution in [0.5, 0.6) is 0 Å². The molecule has 0 aliphatic carbocycles. The number of rotatable bonds is 3. The van der Waals surface area contributed by atoms with Crippen LogP contribution in [0, 0.1) is 0 Å². The van der Waals surface area contributed by atoms with Gasteiger partial charge in [0.05, 0.1) is 23.1 Å². The van der Waals surface area contributed by atoms with E-state index < -0.39 is 0 Å². The number of H-pyrrole nitrogens is 1. The lowest BCUT2D eigenvalue weighted by Crippen LogP contribution is -2.20. The minimum Gasteiger partial charge on any atom is -0.328 e. The van der Waals surface area contributed by atoms with E-state index in [-0.39, 0.29) is 11.1 Å². The summed E-state index contributed by atoms with van der Waals surface area (Å²) in [7, 11) is 0. The van der Waals surface area contributed by atoms with Gasteiger partial charge in [-0.25, -0.2) is 9.97 Å². The van der Waals surface area contributed by atoms with Gasteiger partial charge >= 0.3 is 0 Å². The molecule has 7 heteroatoms. The van der Waals surface area contributed by atoms with E-state index in [1.807, 2.05) is 19.1 Å². The average molecular weight is 379 g/mol. The van der Waals surface area contributed by atoms with Crippen molar-refractivity contribution >= 4 is 22.5 Å². The topological polar surface area (TPSA) is 80.6 Å². The first-order chi connectivity index (χ1) is 13.1. The van der Waals surface area contributed by atoms with Gasteiger partial charge in [0.2, 0.25) is 5.56 Å². The van der Waals surface area contributed by atoms with E-state index in [0.717, 1.165) is 5.56 Å². The van der Waals surface area contributed by atoms with E-state index in [9.17, 15) is 9.59 Å². The fourth-order valence-corrected chi connectivity index (χ4v) is 3.05. The smallest absolute Gasteiger partial charge is 0.261 e. The molecule has 0 aliphatic rings. The third-order valence-corrected chi connectivity index (χ3v) is 4.60. The highest BCUT2D eigenvalue weighted by Crippen LogP contribution is 2.28. The Morgan fingerprint density at radius 2 is 1.81 bits per heavy atom. The van der Waals surface area contributed by atoms with E-state index in [2.05, 4.69) is 9.97 Å². The number of hydrogen-bond acceptors (Lipinski definition) is 4. The standard InChI is InChI=1S/C20H15ClN4O2/c1-2-25-11-23-19-15(20(25)27)9-16(12-3-6-14(21)7-4-12)24-18(19)13-5-8-17(26)22-10-13/h3-11H,2H2,1H3,(H,22,26). The minimum absolute atomic E-state index is 0.134. The van der Waals surface area contributed by atoms with Crippen LogP contribution in [0.4, 0.5) is 0 Å². The fourth-order valence-electron chi connectivity index (χ4n) is 2.92. The summed E-state index contributed by atoms with van der Waals surface area (Å²) >= 11 is 5.98. The van der Waals surface area contributed by atoms with Crippen molar-refractivity contribution in [3.8, 4) is 22.5 Å². The molecular formula is C20H15ClN4O2. The molecule has 6 nitrogen and oxygen atoms in total. The molecule has 0 aliphatic heterocycles. The first-order valence-corrected chi connectivity index (χ1v) is 8.80. The number of fused-ring (bicyclic) bond motifs is 1. The van der Waals surface area contributed by atoms with Crippen molar-refractivity contribution in [2.24, 2.45) is 0 Å². The number of hydrogen-bond donors (Lipinski definition) is 1. The second kappa shape index (κ2) is 6.81. The molecule has 0 atom stereocenters. The van der Waals surface area contributed by atoms with Crippen molar-refractivity contribution < 1.29 is 0 Å². The first kappa shape index (κ1) is 17.2. The van der Waals surface area contributed by atoms with Gasteiger partial charge in [-0.1, -0.05) is 23.7 Å². The molecule has 1 aromatic carbocycles. The van der Waals surface area contributed by atoms with E-state index in [1.54, 1.807) is 35.0 Å². The van der Waals surface area contributed by atoms with Gasteiger partial charge < -0.3 is 4.98 Å². The van der Waals surface area contributed by atoms with Crippen LogP contribution in [0.1, 0.15) is 6.92 Å². The zero-order valence-corrected chi connectivity index (χ0v) is 15.2. The molecule has 3 aromatic heterocycles. The molecule has 134 valence electrons. The Labute approximate surface area is 159 Å². The maximum Gasteiger partial charge on any atom is 0.261 e. The van der Waals surface area contributed by atoms with Gasteiger partial charge in [0, 0.05) is 35.0 Å². The highest BCUT2D eigenvalue weighted by molar-refractivity contribution is 6.30. The number of benzene rings is 1. The molecule has 1 N–H and O–H groups in total. The zero-order chi connectivity index (χ0) is 19.0. The number of aryl methyl sites for hydroxylation is 1. The zero-order valence-electron chi connectivity index (χ0n) is 14.4. The number of aromatic amines is 1. The largest absolute Gasteiger partial charge is 0.328 e. The van der Waals surface area contributed by atoms with Crippen molar-refractivity contribution in [3.05, 3.63) is 80.7 Å². The molecule has 0 fully saturated rings. The van der Waals surface area contributed by atoms with Crippen LogP contribution < -0.4 is 11.1 Å². The van der Waals surface area contributed by atoms with Gasteiger partial charge in [0.15, 0.2) is 0 Å². The molecule has 0 spiro atoms. The van der Waals surface area contributed by atoms with Gasteiger partial charge in [-0.2, -0.15) is 0 Å². The van der Waals surface area contributed by atoms with E-state index in [4.69, 9.17) is 16.6 Å². The predicted molar refractivity (Wildman–Crippen MR) is 106 cm³/mol. The minimum atomic E-state index is -0.210. The van der Waals surface area contributed by atoms with Crippen LogP contribution in [0.3, 0.4) is 0 Å². The van der Waals surface area contributed by atoms with E-state index in [0.29, 0.717) is 39.4 Å². The maximum absolute atomic E-state index is 12.9. The van der Waals surface area contributed by atoms with Crippen molar-refractivity contribution in [2.75, 3.05) is 0 Å². The van der Waals surface area contributed by atoms with Crippen LogP contribution in [-0.2, 0) is 6.54 Å². The molecule has 3 heterocycles. The third-order valence-electron chi connectivity index (χ3n) is 4.35. The van der Waals surface area contributed by atoms with Gasteiger partial charge in [-0.3, -0.25) is 14.2 Å². The lowest BCUT2D eigenvalue weighted by molar-refractivity contribution is 0.717. The Morgan fingerprint density at radius 3 is 2.48 bits per heavy atom. The Morgan fingerprint density at radius 1 is 1.07 bits per heavy atom. The molecule has 0 saturated heterocycles. The molecule has 0 bridgehead atoms. The number of aromatic nitrogens is 4. The summed E-state index contributed by atoms with van der Waals surface area (Å²) in [4.78, 5) is 36.1. The molecule has 0 saturated carbocycles. The van der Waals surface area contributed by atoms with Gasteiger partial charge in [0.1, 0.15) is 5.52 Å². The lowest BCUT2D eigenvalue weighted by atomic mass is 10.1. The summed E-state index contributed by atoms with van der Waals surface area (Å²) in [6, 6.07) is 12.1. The summed E-state index contributed by atoms with van der Waals surface area (Å²) in [5.41, 5.74) is 2.83. The highest BCUT2D eigenvalue weighted by atomic mass is 35.5. The molecule has 0 amide bonds. The molecule has 0 radical (unpaired) electrons. The monoisotopic (exact) mass is 378 g/mol. The Balaban J connectivity index is 2.06. The summed E-state index contributed by atoms with van der Waals surface area (Å²) in [5, 5.41) is 1.09. The normalized spacial score (nSPS) is 11.0. The maximum atomic E-state index is 12.9. The second-order valence-corrected chi connectivity index (χ2v) is 6.47.